The first-order valence-electron chi connectivity index (χ1n) is 6.20. The predicted molar refractivity (Wildman–Crippen MR) is 71.2 cm³/mol. The Morgan fingerprint density at radius 2 is 2.17 bits per heavy atom. The van der Waals surface area contributed by atoms with E-state index < -0.39 is 0 Å². The third-order valence-electron chi connectivity index (χ3n) is 3.73. The molecule has 1 aliphatic carbocycles. The van der Waals surface area contributed by atoms with E-state index in [0.29, 0.717) is 12.1 Å². The summed E-state index contributed by atoms with van der Waals surface area (Å²) in [7, 11) is 0. The molecule has 0 amide bonds. The molecule has 0 radical (unpaired) electrons. The first-order valence-corrected chi connectivity index (χ1v) is 6.20. The number of pyridine rings is 1. The Hall–Kier alpha value is -1.87. The molecule has 3 N–H and O–H groups in total. The van der Waals surface area contributed by atoms with Gasteiger partial charge in [-0.3, -0.25) is 4.98 Å². The van der Waals surface area contributed by atoms with Crippen LogP contribution in [0.2, 0.25) is 0 Å². The molecule has 2 aromatic rings. The molecule has 1 aromatic heterocycles. The monoisotopic (exact) mass is 240 g/mol. The summed E-state index contributed by atoms with van der Waals surface area (Å²) in [5.41, 5.74) is 10.1. The first-order chi connectivity index (χ1) is 8.75. The zero-order valence-electron chi connectivity index (χ0n) is 10.1. The highest BCUT2D eigenvalue weighted by atomic mass is 16.3. The summed E-state index contributed by atoms with van der Waals surface area (Å²) in [5.74, 6) is 0.237. The van der Waals surface area contributed by atoms with Gasteiger partial charge in [-0.05, 0) is 29.2 Å². The maximum Gasteiger partial charge on any atom is 0.0653 e. The summed E-state index contributed by atoms with van der Waals surface area (Å²) in [6.07, 6.45) is 4.55. The van der Waals surface area contributed by atoms with E-state index in [2.05, 4.69) is 17.1 Å². The molecule has 1 aromatic carbocycles. The molecule has 2 unspecified atom stereocenters. The Kier molecular flexibility index (Phi) is 2.76. The van der Waals surface area contributed by atoms with Gasteiger partial charge in [-0.1, -0.05) is 24.3 Å². The molecule has 3 rings (SSSR count). The smallest absolute Gasteiger partial charge is 0.0653 e. The van der Waals surface area contributed by atoms with Crippen molar-refractivity contribution in [3.8, 4) is 0 Å². The van der Waals surface area contributed by atoms with Crippen molar-refractivity contribution in [3.63, 3.8) is 0 Å². The van der Waals surface area contributed by atoms with Crippen molar-refractivity contribution >= 4 is 5.69 Å². The van der Waals surface area contributed by atoms with Gasteiger partial charge in [0.05, 0.1) is 6.10 Å². The number of aliphatic hydroxyl groups excluding tert-OH is 1. The van der Waals surface area contributed by atoms with Crippen molar-refractivity contribution in [1.29, 1.82) is 0 Å². The van der Waals surface area contributed by atoms with E-state index in [1.807, 2.05) is 12.1 Å². The number of nitrogens with two attached hydrogens (primary N) is 1. The lowest BCUT2D eigenvalue weighted by Gasteiger charge is -2.34. The van der Waals surface area contributed by atoms with Crippen LogP contribution in [-0.2, 0) is 12.8 Å². The number of hydrogen-bond donors (Lipinski definition) is 2. The van der Waals surface area contributed by atoms with Gasteiger partial charge < -0.3 is 10.8 Å². The Labute approximate surface area is 106 Å². The van der Waals surface area contributed by atoms with Gasteiger partial charge in [0.1, 0.15) is 0 Å². The standard InChI is InChI=1S/C15H16N2O/c16-14-5-6-17-9-11(14)8-15(18)13-7-10-3-1-2-4-12(10)13/h1-6,9,13,15,18H,7-8H2,(H2,16,17). The fourth-order valence-electron chi connectivity index (χ4n) is 2.62. The fraction of sp³-hybridized carbons (Fsp3) is 0.267. The van der Waals surface area contributed by atoms with Gasteiger partial charge in [0, 0.05) is 30.4 Å². The van der Waals surface area contributed by atoms with Gasteiger partial charge in [-0.25, -0.2) is 0 Å². The van der Waals surface area contributed by atoms with Crippen molar-refractivity contribution in [2.45, 2.75) is 24.9 Å². The molecule has 0 bridgehead atoms. The summed E-state index contributed by atoms with van der Waals surface area (Å²) in [6, 6.07) is 10.1. The molecule has 0 saturated carbocycles. The topological polar surface area (TPSA) is 59.1 Å². The van der Waals surface area contributed by atoms with Crippen LogP contribution in [0.15, 0.2) is 42.7 Å². The van der Waals surface area contributed by atoms with Crippen LogP contribution in [0.4, 0.5) is 5.69 Å². The van der Waals surface area contributed by atoms with Crippen LogP contribution < -0.4 is 5.73 Å². The second-order valence-electron chi connectivity index (χ2n) is 4.86. The van der Waals surface area contributed by atoms with Gasteiger partial charge in [0.25, 0.3) is 0 Å². The van der Waals surface area contributed by atoms with Gasteiger partial charge in [0.2, 0.25) is 0 Å². The van der Waals surface area contributed by atoms with Gasteiger partial charge in [-0.15, -0.1) is 0 Å². The SMILES string of the molecule is Nc1ccncc1CC(O)C1Cc2ccccc21. The van der Waals surface area contributed by atoms with E-state index in [1.54, 1.807) is 18.5 Å². The minimum absolute atomic E-state index is 0.237. The van der Waals surface area contributed by atoms with Gasteiger partial charge in [-0.2, -0.15) is 0 Å². The van der Waals surface area contributed by atoms with Crippen molar-refractivity contribution in [2.75, 3.05) is 5.73 Å². The lowest BCUT2D eigenvalue weighted by atomic mass is 9.73. The number of aromatic nitrogens is 1. The zero-order valence-corrected chi connectivity index (χ0v) is 10.1. The van der Waals surface area contributed by atoms with Crippen molar-refractivity contribution in [2.24, 2.45) is 0 Å². The van der Waals surface area contributed by atoms with Crippen molar-refractivity contribution < 1.29 is 5.11 Å². The molecule has 3 heteroatoms. The molecule has 3 nitrogen and oxygen atoms in total. The molecule has 0 saturated heterocycles. The molecule has 0 spiro atoms. The summed E-state index contributed by atoms with van der Waals surface area (Å²) in [4.78, 5) is 4.05. The third kappa shape index (κ3) is 1.87. The molecule has 1 heterocycles. The Bertz CT molecular complexity index is 568. The molecule has 1 aliphatic rings. The number of nitrogens with zero attached hydrogens (tertiary/aromatic N) is 1. The second-order valence-corrected chi connectivity index (χ2v) is 4.86. The lowest BCUT2D eigenvalue weighted by molar-refractivity contribution is 0.133. The quantitative estimate of drug-likeness (QED) is 0.861. The minimum Gasteiger partial charge on any atom is -0.398 e. The van der Waals surface area contributed by atoms with Gasteiger partial charge >= 0.3 is 0 Å². The number of aliphatic hydroxyl groups is 1. The Morgan fingerprint density at radius 1 is 1.33 bits per heavy atom. The van der Waals surface area contributed by atoms with E-state index in [9.17, 15) is 5.11 Å². The van der Waals surface area contributed by atoms with Crippen LogP contribution >= 0.6 is 0 Å². The summed E-state index contributed by atoms with van der Waals surface area (Å²) >= 11 is 0. The summed E-state index contributed by atoms with van der Waals surface area (Å²) in [5, 5.41) is 10.3. The number of rotatable bonds is 3. The zero-order chi connectivity index (χ0) is 12.5. The molecular formula is C15H16N2O. The number of fused-ring (bicyclic) bond motifs is 1. The minimum atomic E-state index is -0.383. The summed E-state index contributed by atoms with van der Waals surface area (Å²) in [6.45, 7) is 0. The van der Waals surface area contributed by atoms with Crippen LogP contribution in [0.25, 0.3) is 0 Å². The number of benzene rings is 1. The average molecular weight is 240 g/mol. The van der Waals surface area contributed by atoms with Crippen LogP contribution in [0.3, 0.4) is 0 Å². The molecule has 92 valence electrons. The van der Waals surface area contributed by atoms with Crippen LogP contribution in [0.1, 0.15) is 22.6 Å². The molecule has 0 fully saturated rings. The number of anilines is 1. The summed E-state index contributed by atoms with van der Waals surface area (Å²) < 4.78 is 0. The molecule has 18 heavy (non-hydrogen) atoms. The van der Waals surface area contributed by atoms with E-state index in [1.165, 1.54) is 11.1 Å². The highest BCUT2D eigenvalue weighted by Gasteiger charge is 2.31. The van der Waals surface area contributed by atoms with Crippen LogP contribution in [0, 0.1) is 0 Å². The Balaban J connectivity index is 1.75. The fourth-order valence-corrected chi connectivity index (χ4v) is 2.62. The van der Waals surface area contributed by atoms with Crippen molar-refractivity contribution in [1.82, 2.24) is 4.98 Å². The average Bonchev–Trinajstić information content (AvgIpc) is 2.34. The molecule has 2 atom stereocenters. The predicted octanol–water partition coefficient (Wildman–Crippen LogP) is 1.91. The number of nitrogen functional groups attached to an aromatic ring is 1. The van der Waals surface area contributed by atoms with E-state index in [-0.39, 0.29) is 12.0 Å². The normalized spacial score (nSPS) is 18.8. The maximum absolute atomic E-state index is 10.3. The van der Waals surface area contributed by atoms with E-state index >= 15 is 0 Å². The van der Waals surface area contributed by atoms with Crippen molar-refractivity contribution in [3.05, 3.63) is 59.4 Å². The lowest BCUT2D eigenvalue weighted by Crippen LogP contribution is -2.30. The second kappa shape index (κ2) is 4.42. The molecular weight excluding hydrogens is 224 g/mol. The highest BCUT2D eigenvalue weighted by molar-refractivity contribution is 5.46. The van der Waals surface area contributed by atoms with E-state index in [4.69, 9.17) is 5.73 Å². The maximum atomic E-state index is 10.3. The number of hydrogen-bond acceptors (Lipinski definition) is 3. The van der Waals surface area contributed by atoms with E-state index in [0.717, 1.165) is 12.0 Å². The molecule has 0 aliphatic heterocycles. The Morgan fingerprint density at radius 3 is 2.94 bits per heavy atom. The van der Waals surface area contributed by atoms with Crippen LogP contribution in [0.5, 0.6) is 0 Å². The largest absolute Gasteiger partial charge is 0.398 e. The third-order valence-corrected chi connectivity index (χ3v) is 3.73. The first kappa shape index (κ1) is 11.2. The highest BCUT2D eigenvalue weighted by Crippen LogP contribution is 2.38. The van der Waals surface area contributed by atoms with Crippen LogP contribution in [-0.4, -0.2) is 16.2 Å². The van der Waals surface area contributed by atoms with Gasteiger partial charge in [0.15, 0.2) is 0 Å².